The molecule has 2 heteroatoms. The Morgan fingerprint density at radius 3 is 2.69 bits per heavy atom. The second kappa shape index (κ2) is 3.97. The standard InChI is InChI=1S/C11H22N2/c1-9(11-6-12-7-11)8-13-5-3-4-10(13)2/h9-12H,3-8H2,1-2H3. The van der Waals surface area contributed by atoms with E-state index in [0.29, 0.717) is 0 Å². The van der Waals surface area contributed by atoms with E-state index in [-0.39, 0.29) is 0 Å². The molecule has 0 spiro atoms. The van der Waals surface area contributed by atoms with Gasteiger partial charge in [-0.15, -0.1) is 0 Å². The molecular formula is C11H22N2. The molecule has 76 valence electrons. The summed E-state index contributed by atoms with van der Waals surface area (Å²) < 4.78 is 0. The van der Waals surface area contributed by atoms with Gasteiger partial charge in [0.2, 0.25) is 0 Å². The Hall–Kier alpha value is -0.0800. The number of rotatable bonds is 3. The molecule has 0 saturated carbocycles. The quantitative estimate of drug-likeness (QED) is 0.708. The third-order valence-corrected chi connectivity index (χ3v) is 3.83. The molecule has 2 atom stereocenters. The van der Waals surface area contributed by atoms with Crippen molar-refractivity contribution in [3.05, 3.63) is 0 Å². The summed E-state index contributed by atoms with van der Waals surface area (Å²) in [6, 6.07) is 0.843. The van der Waals surface area contributed by atoms with E-state index in [1.54, 1.807) is 0 Å². The van der Waals surface area contributed by atoms with Crippen LogP contribution in [0.3, 0.4) is 0 Å². The first kappa shape index (κ1) is 9.47. The lowest BCUT2D eigenvalue weighted by atomic mass is 9.88. The van der Waals surface area contributed by atoms with Gasteiger partial charge in [-0.2, -0.15) is 0 Å². The Morgan fingerprint density at radius 1 is 1.46 bits per heavy atom. The molecular weight excluding hydrogens is 160 g/mol. The first-order valence-corrected chi connectivity index (χ1v) is 5.72. The Balaban J connectivity index is 1.75. The third-order valence-electron chi connectivity index (χ3n) is 3.83. The summed E-state index contributed by atoms with van der Waals surface area (Å²) in [5.41, 5.74) is 0. The molecule has 2 aliphatic heterocycles. The van der Waals surface area contributed by atoms with Gasteiger partial charge in [0.1, 0.15) is 0 Å². The van der Waals surface area contributed by atoms with Gasteiger partial charge in [0.05, 0.1) is 0 Å². The normalized spacial score (nSPS) is 33.2. The van der Waals surface area contributed by atoms with Crippen molar-refractivity contribution in [1.29, 1.82) is 0 Å². The maximum atomic E-state index is 3.36. The van der Waals surface area contributed by atoms with Crippen LogP contribution in [0, 0.1) is 11.8 Å². The zero-order valence-corrected chi connectivity index (χ0v) is 8.92. The van der Waals surface area contributed by atoms with Crippen LogP contribution < -0.4 is 5.32 Å². The average Bonchev–Trinajstić information content (AvgIpc) is 2.32. The maximum Gasteiger partial charge on any atom is 0.00675 e. The molecule has 2 saturated heterocycles. The van der Waals surface area contributed by atoms with Crippen molar-refractivity contribution < 1.29 is 0 Å². The lowest BCUT2D eigenvalue weighted by molar-refractivity contribution is 0.162. The molecule has 0 aromatic carbocycles. The van der Waals surface area contributed by atoms with E-state index in [0.717, 1.165) is 17.9 Å². The van der Waals surface area contributed by atoms with Gasteiger partial charge in [-0.3, -0.25) is 0 Å². The molecule has 0 aliphatic carbocycles. The van der Waals surface area contributed by atoms with Crippen LogP contribution >= 0.6 is 0 Å². The van der Waals surface area contributed by atoms with Crippen molar-refractivity contribution in [2.45, 2.75) is 32.7 Å². The molecule has 2 fully saturated rings. The topological polar surface area (TPSA) is 15.3 Å². The van der Waals surface area contributed by atoms with Crippen molar-refractivity contribution in [1.82, 2.24) is 10.2 Å². The fourth-order valence-electron chi connectivity index (χ4n) is 2.50. The summed E-state index contributed by atoms with van der Waals surface area (Å²) in [4.78, 5) is 2.67. The minimum Gasteiger partial charge on any atom is -0.316 e. The fraction of sp³-hybridized carbons (Fsp3) is 1.00. The number of hydrogen-bond acceptors (Lipinski definition) is 2. The summed E-state index contributed by atoms with van der Waals surface area (Å²) >= 11 is 0. The van der Waals surface area contributed by atoms with Crippen LogP contribution in [0.15, 0.2) is 0 Å². The van der Waals surface area contributed by atoms with Gasteiger partial charge in [0.15, 0.2) is 0 Å². The van der Waals surface area contributed by atoms with Gasteiger partial charge in [0, 0.05) is 12.6 Å². The molecule has 2 heterocycles. The van der Waals surface area contributed by atoms with Crippen LogP contribution in [-0.4, -0.2) is 37.1 Å². The third kappa shape index (κ3) is 2.05. The Morgan fingerprint density at radius 2 is 2.23 bits per heavy atom. The molecule has 2 nitrogen and oxygen atoms in total. The molecule has 0 amide bonds. The number of hydrogen-bond donors (Lipinski definition) is 1. The van der Waals surface area contributed by atoms with Gasteiger partial charge in [-0.05, 0) is 51.2 Å². The van der Waals surface area contributed by atoms with Crippen molar-refractivity contribution in [2.24, 2.45) is 11.8 Å². The van der Waals surface area contributed by atoms with E-state index >= 15 is 0 Å². The van der Waals surface area contributed by atoms with Crippen LogP contribution in [0.5, 0.6) is 0 Å². The summed E-state index contributed by atoms with van der Waals surface area (Å²) in [6.45, 7) is 9.96. The molecule has 0 radical (unpaired) electrons. The Bertz CT molecular complexity index is 165. The van der Waals surface area contributed by atoms with Crippen molar-refractivity contribution in [3.8, 4) is 0 Å². The highest BCUT2D eigenvalue weighted by Crippen LogP contribution is 2.22. The zero-order valence-electron chi connectivity index (χ0n) is 8.92. The zero-order chi connectivity index (χ0) is 9.26. The fourth-order valence-corrected chi connectivity index (χ4v) is 2.50. The SMILES string of the molecule is CC(CN1CCCC1C)C1CNC1. The predicted molar refractivity (Wildman–Crippen MR) is 55.8 cm³/mol. The van der Waals surface area contributed by atoms with Crippen molar-refractivity contribution >= 4 is 0 Å². The van der Waals surface area contributed by atoms with Crippen LogP contribution in [0.1, 0.15) is 26.7 Å². The minimum atomic E-state index is 0.843. The summed E-state index contributed by atoms with van der Waals surface area (Å²) in [5.74, 6) is 1.84. The summed E-state index contributed by atoms with van der Waals surface area (Å²) in [5, 5.41) is 3.36. The smallest absolute Gasteiger partial charge is 0.00675 e. The summed E-state index contributed by atoms with van der Waals surface area (Å²) in [6.07, 6.45) is 2.83. The largest absolute Gasteiger partial charge is 0.316 e. The molecule has 2 unspecified atom stereocenters. The van der Waals surface area contributed by atoms with Gasteiger partial charge in [-0.1, -0.05) is 6.92 Å². The van der Waals surface area contributed by atoms with E-state index in [1.807, 2.05) is 0 Å². The van der Waals surface area contributed by atoms with Gasteiger partial charge >= 0.3 is 0 Å². The lowest BCUT2D eigenvalue weighted by Crippen LogP contribution is -2.48. The van der Waals surface area contributed by atoms with E-state index in [2.05, 4.69) is 24.1 Å². The molecule has 2 aliphatic rings. The Kier molecular flexibility index (Phi) is 2.89. The van der Waals surface area contributed by atoms with Crippen LogP contribution in [0.25, 0.3) is 0 Å². The average molecular weight is 182 g/mol. The predicted octanol–water partition coefficient (Wildman–Crippen LogP) is 1.33. The highest BCUT2D eigenvalue weighted by molar-refractivity contribution is 4.84. The molecule has 2 rings (SSSR count). The van der Waals surface area contributed by atoms with Gasteiger partial charge in [-0.25, -0.2) is 0 Å². The Labute approximate surface area is 81.7 Å². The molecule has 0 aromatic heterocycles. The molecule has 1 N–H and O–H groups in total. The second-order valence-corrected chi connectivity index (χ2v) is 4.88. The van der Waals surface area contributed by atoms with Crippen molar-refractivity contribution in [3.63, 3.8) is 0 Å². The maximum absolute atomic E-state index is 3.36. The van der Waals surface area contributed by atoms with E-state index in [9.17, 15) is 0 Å². The van der Waals surface area contributed by atoms with Gasteiger partial charge in [0.25, 0.3) is 0 Å². The minimum absolute atomic E-state index is 0.843. The van der Waals surface area contributed by atoms with Crippen LogP contribution in [0.4, 0.5) is 0 Å². The first-order chi connectivity index (χ1) is 6.27. The monoisotopic (exact) mass is 182 g/mol. The molecule has 0 bridgehead atoms. The lowest BCUT2D eigenvalue weighted by Gasteiger charge is -2.35. The number of nitrogens with one attached hydrogen (secondary N) is 1. The van der Waals surface area contributed by atoms with E-state index in [1.165, 1.54) is 39.0 Å². The second-order valence-electron chi connectivity index (χ2n) is 4.88. The summed E-state index contributed by atoms with van der Waals surface area (Å²) in [7, 11) is 0. The van der Waals surface area contributed by atoms with Crippen molar-refractivity contribution in [2.75, 3.05) is 26.2 Å². The first-order valence-electron chi connectivity index (χ1n) is 5.72. The molecule has 13 heavy (non-hydrogen) atoms. The number of likely N-dealkylation sites (tertiary alicyclic amines) is 1. The van der Waals surface area contributed by atoms with E-state index < -0.39 is 0 Å². The number of nitrogens with zero attached hydrogens (tertiary/aromatic N) is 1. The van der Waals surface area contributed by atoms with E-state index in [4.69, 9.17) is 0 Å². The van der Waals surface area contributed by atoms with Crippen LogP contribution in [0.2, 0.25) is 0 Å². The highest BCUT2D eigenvalue weighted by Gasteiger charge is 2.28. The highest BCUT2D eigenvalue weighted by atomic mass is 15.2. The van der Waals surface area contributed by atoms with Gasteiger partial charge < -0.3 is 10.2 Å². The molecule has 0 aromatic rings. The van der Waals surface area contributed by atoms with Crippen LogP contribution in [-0.2, 0) is 0 Å².